The van der Waals surface area contributed by atoms with Crippen LogP contribution >= 0.6 is 0 Å². The van der Waals surface area contributed by atoms with Crippen LogP contribution in [0.4, 0.5) is 0 Å². The third-order valence-corrected chi connectivity index (χ3v) is 1.51. The van der Waals surface area contributed by atoms with Gasteiger partial charge in [0, 0.05) is 9.60 Å². The molecule has 0 spiro atoms. The maximum absolute atomic E-state index is 9.20. The van der Waals surface area contributed by atoms with Crippen LogP contribution < -0.4 is 5.46 Å². The van der Waals surface area contributed by atoms with E-state index < -0.39 is 32.3 Å². The van der Waals surface area contributed by atoms with Gasteiger partial charge in [0.25, 0.3) is 0 Å². The van der Waals surface area contributed by atoms with Crippen molar-refractivity contribution in [2.24, 2.45) is 0 Å². The van der Waals surface area contributed by atoms with Crippen molar-refractivity contribution < 1.29 is 19.6 Å². The Balaban J connectivity index is 3.62. The van der Waals surface area contributed by atoms with Gasteiger partial charge in [-0.25, -0.2) is 0 Å². The Hall–Kier alpha value is -0.795. The molecule has 0 aromatic heterocycles. The Morgan fingerprint density at radius 1 is 1.42 bits per heavy atom. The molecule has 0 bridgehead atoms. The van der Waals surface area contributed by atoms with Crippen molar-refractivity contribution in [2.75, 3.05) is 0 Å². The molecular formula is C9H13BO2. The van der Waals surface area contributed by atoms with Crippen molar-refractivity contribution in [3.63, 3.8) is 0 Å². The first-order valence-electron chi connectivity index (χ1n) is 6.88. The van der Waals surface area contributed by atoms with Gasteiger partial charge in [0.2, 0.25) is 0 Å². The second-order valence-corrected chi connectivity index (χ2v) is 2.34. The van der Waals surface area contributed by atoms with Crippen LogP contribution in [-0.4, -0.2) is 17.2 Å². The minimum atomic E-state index is -3.15. The Morgan fingerprint density at radius 3 is 2.67 bits per heavy atom. The zero-order valence-electron chi connectivity index (χ0n) is 13.3. The Bertz CT molecular complexity index is 441. The first kappa shape index (κ1) is 3.52. The predicted octanol–water partition coefficient (Wildman–Crippen LogP) is 0.490. The highest BCUT2D eigenvalue weighted by Gasteiger charge is 2.16. The number of rotatable bonds is 2. The predicted molar refractivity (Wildman–Crippen MR) is 50.4 cm³/mol. The lowest BCUT2D eigenvalue weighted by Crippen LogP contribution is -2.33. The first-order valence-corrected chi connectivity index (χ1v) is 3.38. The standard InChI is InChI=1S/C9H13BO2/c1-7(2)8-5-3-4-6-9(8)10(11)12/h3-7,11-12H,1-2H3/i1D3,2D3,7D. The van der Waals surface area contributed by atoms with E-state index >= 15 is 0 Å². The molecule has 1 rings (SSSR count). The van der Waals surface area contributed by atoms with Crippen molar-refractivity contribution in [2.45, 2.75) is 19.6 Å². The van der Waals surface area contributed by atoms with Crippen molar-refractivity contribution in [3.8, 4) is 0 Å². The van der Waals surface area contributed by atoms with Crippen LogP contribution in [0.5, 0.6) is 0 Å². The molecular weight excluding hydrogens is 151 g/mol. The molecule has 0 aliphatic rings. The van der Waals surface area contributed by atoms with Gasteiger partial charge in [0.15, 0.2) is 0 Å². The second-order valence-electron chi connectivity index (χ2n) is 2.34. The Morgan fingerprint density at radius 2 is 2.08 bits per heavy atom. The minimum Gasteiger partial charge on any atom is -0.423 e. The zero-order valence-corrected chi connectivity index (χ0v) is 6.28. The maximum atomic E-state index is 9.20. The quantitative estimate of drug-likeness (QED) is 0.635. The summed E-state index contributed by atoms with van der Waals surface area (Å²) in [4.78, 5) is 0. The number of hydrogen-bond donors (Lipinski definition) is 2. The fraction of sp³-hybridized carbons (Fsp3) is 0.333. The molecule has 1 aromatic carbocycles. The summed E-state index contributed by atoms with van der Waals surface area (Å²) >= 11 is 0. The van der Waals surface area contributed by atoms with Crippen molar-refractivity contribution >= 4 is 12.6 Å². The highest BCUT2D eigenvalue weighted by atomic mass is 16.4. The summed E-state index contributed by atoms with van der Waals surface area (Å²) in [7, 11) is -2.05. The van der Waals surface area contributed by atoms with E-state index in [1.165, 1.54) is 18.2 Å². The number of benzene rings is 1. The molecule has 0 radical (unpaired) electrons. The lowest BCUT2D eigenvalue weighted by molar-refractivity contribution is 0.425. The first-order chi connectivity index (χ1) is 8.43. The molecule has 0 saturated heterocycles. The highest BCUT2D eigenvalue weighted by Crippen LogP contribution is 2.10. The summed E-state index contributed by atoms with van der Waals surface area (Å²) in [6.07, 6.45) is 0. The third kappa shape index (κ3) is 1.87. The van der Waals surface area contributed by atoms with E-state index in [1.54, 1.807) is 0 Å². The lowest BCUT2D eigenvalue weighted by atomic mass is 9.74. The van der Waals surface area contributed by atoms with Gasteiger partial charge in [-0.05, 0) is 16.9 Å². The van der Waals surface area contributed by atoms with Gasteiger partial charge in [0.05, 0.1) is 0 Å². The topological polar surface area (TPSA) is 40.5 Å². The maximum Gasteiger partial charge on any atom is 0.488 e. The van der Waals surface area contributed by atoms with E-state index in [1.807, 2.05) is 0 Å². The summed E-state index contributed by atoms with van der Waals surface area (Å²) in [5.74, 6) is -2.93. The average molecular weight is 171 g/mol. The average Bonchev–Trinajstić information content (AvgIpc) is 2.24. The van der Waals surface area contributed by atoms with Crippen LogP contribution in [0.15, 0.2) is 24.3 Å². The van der Waals surface area contributed by atoms with Gasteiger partial charge >= 0.3 is 7.12 Å². The molecule has 0 heterocycles. The molecule has 2 nitrogen and oxygen atoms in total. The van der Waals surface area contributed by atoms with Crippen molar-refractivity contribution in [1.29, 1.82) is 0 Å². The Labute approximate surface area is 82.8 Å². The van der Waals surface area contributed by atoms with Gasteiger partial charge in [0.1, 0.15) is 0 Å². The molecule has 0 aliphatic heterocycles. The molecule has 3 heteroatoms. The smallest absolute Gasteiger partial charge is 0.423 e. The molecule has 0 aliphatic carbocycles. The van der Waals surface area contributed by atoms with Crippen LogP contribution in [-0.2, 0) is 0 Å². The monoisotopic (exact) mass is 171 g/mol. The van der Waals surface area contributed by atoms with E-state index in [4.69, 9.17) is 9.60 Å². The van der Waals surface area contributed by atoms with E-state index in [9.17, 15) is 10.0 Å². The molecule has 64 valence electrons. The molecule has 0 fully saturated rings. The lowest BCUT2D eigenvalue weighted by Gasteiger charge is -2.10. The summed E-state index contributed by atoms with van der Waals surface area (Å²) in [6, 6.07) is 5.04. The van der Waals surface area contributed by atoms with E-state index in [2.05, 4.69) is 0 Å². The van der Waals surface area contributed by atoms with Crippen LogP contribution in [0.2, 0.25) is 0 Å². The largest absolute Gasteiger partial charge is 0.488 e. The van der Waals surface area contributed by atoms with Crippen molar-refractivity contribution in [1.82, 2.24) is 0 Å². The summed E-state index contributed by atoms with van der Waals surface area (Å²) < 4.78 is 52.0. The van der Waals surface area contributed by atoms with Crippen LogP contribution in [0.25, 0.3) is 0 Å². The molecule has 0 amide bonds. The van der Waals surface area contributed by atoms with Crippen molar-refractivity contribution in [3.05, 3.63) is 29.8 Å². The van der Waals surface area contributed by atoms with Gasteiger partial charge in [-0.3, -0.25) is 0 Å². The molecule has 1 aromatic rings. The SMILES string of the molecule is [2H]C([2H])([2H])C([2H])(c1ccccc1B(O)O)C([2H])([2H])[2H]. The van der Waals surface area contributed by atoms with Crippen LogP contribution in [0, 0.1) is 0 Å². The summed E-state index contributed by atoms with van der Waals surface area (Å²) in [6.45, 7) is -6.30. The van der Waals surface area contributed by atoms with Crippen LogP contribution in [0.1, 0.15) is 34.8 Å². The molecule has 0 saturated carbocycles. The normalized spacial score (nSPS) is 22.0. The summed E-state index contributed by atoms with van der Waals surface area (Å²) in [5, 5.41) is 18.4. The zero-order chi connectivity index (χ0) is 15.1. The van der Waals surface area contributed by atoms with E-state index in [0.29, 0.717) is 0 Å². The molecule has 2 N–H and O–H groups in total. The summed E-state index contributed by atoms with van der Waals surface area (Å²) in [5.41, 5.74) is -0.741. The van der Waals surface area contributed by atoms with Gasteiger partial charge in [-0.1, -0.05) is 38.0 Å². The van der Waals surface area contributed by atoms with E-state index in [-0.39, 0.29) is 5.46 Å². The fourth-order valence-corrected chi connectivity index (χ4v) is 0.950. The van der Waals surface area contributed by atoms with E-state index in [0.717, 1.165) is 6.07 Å². The van der Waals surface area contributed by atoms with Gasteiger partial charge < -0.3 is 10.0 Å². The van der Waals surface area contributed by atoms with Gasteiger partial charge in [-0.15, -0.1) is 0 Å². The second kappa shape index (κ2) is 3.74. The highest BCUT2D eigenvalue weighted by molar-refractivity contribution is 6.59. The minimum absolute atomic E-state index is 0.301. The fourth-order valence-electron chi connectivity index (χ4n) is 0.950. The number of hydrogen-bond acceptors (Lipinski definition) is 2. The molecule has 12 heavy (non-hydrogen) atoms. The third-order valence-electron chi connectivity index (χ3n) is 1.51. The Kier molecular flexibility index (Phi) is 1.10. The molecule has 0 atom stereocenters. The van der Waals surface area contributed by atoms with Gasteiger partial charge in [-0.2, -0.15) is 0 Å². The molecule has 0 unspecified atom stereocenters. The van der Waals surface area contributed by atoms with Crippen LogP contribution in [0.3, 0.4) is 0 Å².